The Morgan fingerprint density at radius 1 is 1.08 bits per heavy atom. The van der Waals surface area contributed by atoms with E-state index in [1.54, 1.807) is 36.4 Å². The molecule has 0 bridgehead atoms. The van der Waals surface area contributed by atoms with Crippen LogP contribution in [0.25, 0.3) is 0 Å². The maximum absolute atomic E-state index is 12.2. The largest absolute Gasteiger partial charge is 0.484 e. The molecule has 1 saturated heterocycles. The van der Waals surface area contributed by atoms with Crippen LogP contribution in [0.15, 0.2) is 48.5 Å². The van der Waals surface area contributed by atoms with E-state index in [9.17, 15) is 9.59 Å². The maximum Gasteiger partial charge on any atom is 0.260 e. The van der Waals surface area contributed by atoms with Gasteiger partial charge in [-0.3, -0.25) is 9.59 Å². The van der Waals surface area contributed by atoms with Crippen LogP contribution in [-0.4, -0.2) is 36.4 Å². The minimum absolute atomic E-state index is 0.000268. The molecule has 2 aromatic carbocycles. The second-order valence-corrected chi connectivity index (χ2v) is 6.37. The lowest BCUT2D eigenvalue weighted by Gasteiger charge is -2.15. The van der Waals surface area contributed by atoms with Crippen LogP contribution in [0.4, 0.5) is 11.4 Å². The molecule has 6 heteroatoms. The van der Waals surface area contributed by atoms with Gasteiger partial charge in [-0.1, -0.05) is 18.2 Å². The lowest BCUT2D eigenvalue weighted by molar-refractivity contribution is -0.132. The second-order valence-electron chi connectivity index (χ2n) is 6.37. The fraction of sp³-hybridized carbons (Fsp3) is 0.300. The number of nitrogens with one attached hydrogen (secondary N) is 1. The Balaban J connectivity index is 1.52. The Kier molecular flexibility index (Phi) is 5.73. The van der Waals surface area contributed by atoms with E-state index >= 15 is 0 Å². The van der Waals surface area contributed by atoms with Crippen molar-refractivity contribution >= 4 is 23.2 Å². The molecule has 1 fully saturated rings. The molecule has 0 spiro atoms. The van der Waals surface area contributed by atoms with Crippen molar-refractivity contribution < 1.29 is 14.3 Å². The van der Waals surface area contributed by atoms with Crippen LogP contribution in [0.1, 0.15) is 18.4 Å². The number of carbonyl (C=O) groups is 2. The van der Waals surface area contributed by atoms with Gasteiger partial charge in [0.1, 0.15) is 5.75 Å². The molecule has 0 unspecified atom stereocenters. The highest BCUT2D eigenvalue weighted by molar-refractivity contribution is 5.92. The second kappa shape index (κ2) is 8.38. The Labute approximate surface area is 152 Å². The summed E-state index contributed by atoms with van der Waals surface area (Å²) in [5.74, 6) is 0.434. The van der Waals surface area contributed by atoms with Crippen LogP contribution in [0.3, 0.4) is 0 Å². The summed E-state index contributed by atoms with van der Waals surface area (Å²) in [6, 6.07) is 14.3. The van der Waals surface area contributed by atoms with Gasteiger partial charge in [0.2, 0.25) is 5.91 Å². The van der Waals surface area contributed by atoms with E-state index in [4.69, 9.17) is 10.5 Å². The van der Waals surface area contributed by atoms with Gasteiger partial charge in [0, 0.05) is 30.5 Å². The van der Waals surface area contributed by atoms with Crippen molar-refractivity contribution in [2.75, 3.05) is 30.7 Å². The first-order valence-electron chi connectivity index (χ1n) is 8.75. The van der Waals surface area contributed by atoms with E-state index in [2.05, 4.69) is 5.32 Å². The van der Waals surface area contributed by atoms with Gasteiger partial charge in [0.05, 0.1) is 6.42 Å². The minimum Gasteiger partial charge on any atom is -0.484 e. The van der Waals surface area contributed by atoms with Crippen LogP contribution >= 0.6 is 0 Å². The fourth-order valence-corrected chi connectivity index (χ4v) is 2.89. The number of amides is 2. The number of hydrogen-bond acceptors (Lipinski definition) is 4. The molecule has 1 heterocycles. The number of ether oxygens (including phenoxy) is 1. The van der Waals surface area contributed by atoms with Crippen molar-refractivity contribution in [3.63, 3.8) is 0 Å². The zero-order valence-corrected chi connectivity index (χ0v) is 14.6. The third kappa shape index (κ3) is 4.99. The Hall–Kier alpha value is -3.02. The van der Waals surface area contributed by atoms with Crippen LogP contribution in [0, 0.1) is 0 Å². The SMILES string of the molecule is Nc1ccc(CC(=O)Nc2cccc(OCC(=O)N3CCCC3)c2)cc1. The number of nitrogens with two attached hydrogens (primary N) is 1. The monoisotopic (exact) mass is 353 g/mol. The summed E-state index contributed by atoms with van der Waals surface area (Å²) < 4.78 is 5.58. The molecule has 2 aromatic rings. The molecule has 0 atom stereocenters. The molecule has 1 aliphatic heterocycles. The van der Waals surface area contributed by atoms with Crippen molar-refractivity contribution in [3.05, 3.63) is 54.1 Å². The summed E-state index contributed by atoms with van der Waals surface area (Å²) in [5.41, 5.74) is 7.84. The highest BCUT2D eigenvalue weighted by Crippen LogP contribution is 2.18. The summed E-state index contributed by atoms with van der Waals surface area (Å²) in [6.07, 6.45) is 2.38. The molecule has 26 heavy (non-hydrogen) atoms. The number of carbonyl (C=O) groups excluding carboxylic acids is 2. The van der Waals surface area contributed by atoms with E-state index in [0.29, 0.717) is 17.1 Å². The van der Waals surface area contributed by atoms with Crippen molar-refractivity contribution in [3.8, 4) is 5.75 Å². The van der Waals surface area contributed by atoms with Crippen molar-refractivity contribution in [1.29, 1.82) is 0 Å². The third-order valence-electron chi connectivity index (χ3n) is 4.28. The first-order valence-corrected chi connectivity index (χ1v) is 8.75. The molecule has 136 valence electrons. The van der Waals surface area contributed by atoms with Gasteiger partial charge in [-0.25, -0.2) is 0 Å². The molecular formula is C20H23N3O3. The number of likely N-dealkylation sites (tertiary alicyclic amines) is 1. The lowest BCUT2D eigenvalue weighted by Crippen LogP contribution is -2.32. The highest BCUT2D eigenvalue weighted by atomic mass is 16.5. The number of rotatable bonds is 6. The molecule has 1 aliphatic rings. The van der Waals surface area contributed by atoms with E-state index in [0.717, 1.165) is 31.5 Å². The van der Waals surface area contributed by atoms with Gasteiger partial charge in [-0.05, 0) is 42.7 Å². The van der Waals surface area contributed by atoms with E-state index in [-0.39, 0.29) is 24.8 Å². The topological polar surface area (TPSA) is 84.7 Å². The summed E-state index contributed by atoms with van der Waals surface area (Å²) in [5, 5.41) is 2.84. The fourth-order valence-electron chi connectivity index (χ4n) is 2.89. The van der Waals surface area contributed by atoms with Gasteiger partial charge >= 0.3 is 0 Å². The van der Waals surface area contributed by atoms with Crippen molar-refractivity contribution in [1.82, 2.24) is 4.90 Å². The molecule has 0 saturated carbocycles. The predicted octanol–water partition coefficient (Wildman–Crippen LogP) is 2.45. The molecule has 3 rings (SSSR count). The minimum atomic E-state index is -0.125. The molecule has 6 nitrogen and oxygen atoms in total. The summed E-state index contributed by atoms with van der Waals surface area (Å²) in [7, 11) is 0. The molecule has 0 aromatic heterocycles. The maximum atomic E-state index is 12.2. The molecule has 2 amide bonds. The van der Waals surface area contributed by atoms with Gasteiger partial charge in [-0.2, -0.15) is 0 Å². The van der Waals surface area contributed by atoms with Crippen LogP contribution in [0.2, 0.25) is 0 Å². The Bertz CT molecular complexity index is 768. The number of hydrogen-bond donors (Lipinski definition) is 2. The van der Waals surface area contributed by atoms with Crippen molar-refractivity contribution in [2.45, 2.75) is 19.3 Å². The zero-order chi connectivity index (χ0) is 18.4. The van der Waals surface area contributed by atoms with E-state index < -0.39 is 0 Å². The first-order chi connectivity index (χ1) is 12.6. The van der Waals surface area contributed by atoms with E-state index in [1.807, 2.05) is 17.0 Å². The van der Waals surface area contributed by atoms with Gasteiger partial charge in [-0.15, -0.1) is 0 Å². The summed E-state index contributed by atoms with van der Waals surface area (Å²) in [6.45, 7) is 1.63. The van der Waals surface area contributed by atoms with Crippen molar-refractivity contribution in [2.24, 2.45) is 0 Å². The average Bonchev–Trinajstić information content (AvgIpc) is 3.17. The Morgan fingerprint density at radius 3 is 2.54 bits per heavy atom. The van der Waals surface area contributed by atoms with Gasteiger partial charge in [0.15, 0.2) is 6.61 Å². The van der Waals surface area contributed by atoms with Crippen LogP contribution < -0.4 is 15.8 Å². The normalized spacial score (nSPS) is 13.5. The molecular weight excluding hydrogens is 330 g/mol. The highest BCUT2D eigenvalue weighted by Gasteiger charge is 2.18. The van der Waals surface area contributed by atoms with Gasteiger partial charge < -0.3 is 20.7 Å². The smallest absolute Gasteiger partial charge is 0.260 e. The standard InChI is InChI=1S/C20H23N3O3/c21-16-8-6-15(7-9-16)12-19(24)22-17-4-3-5-18(13-17)26-14-20(25)23-10-1-2-11-23/h3-9,13H,1-2,10-12,14,21H2,(H,22,24). The summed E-state index contributed by atoms with van der Waals surface area (Å²) in [4.78, 5) is 26.0. The number of anilines is 2. The van der Waals surface area contributed by atoms with E-state index in [1.165, 1.54) is 0 Å². The average molecular weight is 353 g/mol. The number of nitrogen functional groups attached to an aromatic ring is 1. The summed E-state index contributed by atoms with van der Waals surface area (Å²) >= 11 is 0. The molecule has 0 radical (unpaired) electrons. The quantitative estimate of drug-likeness (QED) is 0.781. The third-order valence-corrected chi connectivity index (χ3v) is 4.28. The zero-order valence-electron chi connectivity index (χ0n) is 14.6. The number of benzene rings is 2. The first kappa shape index (κ1) is 17.8. The van der Waals surface area contributed by atoms with Gasteiger partial charge in [0.25, 0.3) is 5.91 Å². The number of nitrogens with zero attached hydrogens (tertiary/aromatic N) is 1. The lowest BCUT2D eigenvalue weighted by atomic mass is 10.1. The predicted molar refractivity (Wildman–Crippen MR) is 101 cm³/mol. The molecule has 0 aliphatic carbocycles. The molecule has 3 N–H and O–H groups in total. The Morgan fingerprint density at radius 2 is 1.81 bits per heavy atom. The van der Waals surface area contributed by atoms with Crippen LogP contribution in [0.5, 0.6) is 5.75 Å². The van der Waals surface area contributed by atoms with Crippen LogP contribution in [-0.2, 0) is 16.0 Å².